The maximum atomic E-state index is 13.1. The van der Waals surface area contributed by atoms with E-state index in [9.17, 15) is 5.53 Å². The predicted octanol–water partition coefficient (Wildman–Crippen LogP) is 27.4. The van der Waals surface area contributed by atoms with Gasteiger partial charge in [0.2, 0.25) is 11.4 Å². The van der Waals surface area contributed by atoms with Gasteiger partial charge >= 0.3 is 0 Å². The second-order valence-corrected chi connectivity index (χ2v) is 26.2. The minimum absolute atomic E-state index is 0. The first-order chi connectivity index (χ1) is 41.5. The number of rotatable bonds is 55. The molecule has 482 valence electrons. The van der Waals surface area contributed by atoms with Gasteiger partial charge < -0.3 is 5.53 Å². The Kier molecular flexibility index (Phi) is 51.5. The van der Waals surface area contributed by atoms with Crippen LogP contribution in [0.3, 0.4) is 0 Å². The van der Waals surface area contributed by atoms with Crippen molar-refractivity contribution in [3.8, 4) is 23.7 Å². The summed E-state index contributed by atoms with van der Waals surface area (Å²) < 4.78 is 1.66. The molecule has 0 radical (unpaired) electrons. The maximum absolute atomic E-state index is 13.1. The summed E-state index contributed by atoms with van der Waals surface area (Å²) in [7, 11) is 0. The van der Waals surface area contributed by atoms with Crippen molar-refractivity contribution in [3.63, 3.8) is 0 Å². The van der Waals surface area contributed by atoms with Crippen molar-refractivity contribution < 1.29 is 21.2 Å². The van der Waals surface area contributed by atoms with Crippen molar-refractivity contribution >= 4 is 11.4 Å². The third kappa shape index (κ3) is 36.8. The predicted molar refractivity (Wildman–Crippen MR) is 374 cm³/mol. The molecule has 1 heterocycles. The molecule has 85 heavy (non-hydrogen) atoms. The van der Waals surface area contributed by atoms with Gasteiger partial charge in [0.25, 0.3) is 0 Å². The van der Waals surface area contributed by atoms with Crippen molar-refractivity contribution in [3.05, 3.63) is 99.6 Å². The molecule has 3 rings (SSSR count). The first kappa shape index (κ1) is 78.0. The summed E-state index contributed by atoms with van der Waals surface area (Å²) in [5.41, 5.74) is 22.7. The van der Waals surface area contributed by atoms with Crippen molar-refractivity contribution in [1.82, 2.24) is 0 Å². The van der Waals surface area contributed by atoms with Crippen molar-refractivity contribution in [1.29, 1.82) is 0 Å². The Hall–Kier alpha value is -3.13. The molecule has 0 saturated carbocycles. The van der Waals surface area contributed by atoms with E-state index in [-0.39, 0.29) is 16.5 Å². The zero-order valence-electron chi connectivity index (χ0n) is 56.9. The molecule has 0 amide bonds. The van der Waals surface area contributed by atoms with Gasteiger partial charge in [0.1, 0.15) is 0 Å². The Labute approximate surface area is 539 Å². The molecule has 2 atom stereocenters. The molecule has 0 spiro atoms. The molecule has 2 aromatic carbocycles. The van der Waals surface area contributed by atoms with Crippen LogP contribution in [0, 0.1) is 35.5 Å². The van der Waals surface area contributed by atoms with Crippen molar-refractivity contribution in [2.45, 2.75) is 375 Å². The summed E-state index contributed by atoms with van der Waals surface area (Å²) in [5, 5.41) is 0. The number of nitrogens with zero attached hydrogens (tertiary/aromatic N) is 2. The summed E-state index contributed by atoms with van der Waals surface area (Å²) in [4.78, 5) is 0. The van der Waals surface area contributed by atoms with Crippen LogP contribution < -0.4 is 0 Å². The van der Waals surface area contributed by atoms with Crippen LogP contribution >= 0.6 is 0 Å². The molecular weight excluding hydrogens is 1070 g/mol. The molecule has 2 aromatic rings. The van der Waals surface area contributed by atoms with Crippen LogP contribution in [0.5, 0.6) is 0 Å². The standard InChI is InChI=1S/C82H134N2.Ni/c1-7-13-19-22-25-28-30-32-34-36-38-40-42-44-47-52-61-73(59-50-16-10-4)69-71-75-63-55-57-66-77(75)81-79(65-18-12-6)80(68-54-49-46-27-24-21-15-9-3)82(84(81)83)78-67-58-56-64-76(78)72-70-74(60-51-17-11-5)62-53-48-45-43-41-39-37-35-33-31-29-26-23-20-14-8-2;/h54-58,63-64,66-68,73-74H,7-46,49-51,59-62,65,69-72H2,1-6H3;. The van der Waals surface area contributed by atoms with E-state index in [0.29, 0.717) is 11.8 Å². The Bertz CT molecular complexity index is 2150. The topological polar surface area (TPSA) is 25.3 Å². The number of unbranched alkanes of at least 4 members (excludes halogenated alkanes) is 37. The minimum atomic E-state index is 0. The van der Waals surface area contributed by atoms with Crippen LogP contribution in [0.15, 0.2) is 71.8 Å². The molecular formula is C82H134N2Ni. The van der Waals surface area contributed by atoms with Gasteiger partial charge in [-0.15, -0.1) is 23.7 Å². The molecule has 0 aliphatic carbocycles. The molecule has 1 aliphatic rings. The van der Waals surface area contributed by atoms with Crippen LogP contribution in [-0.4, -0.2) is 4.70 Å². The quantitative estimate of drug-likeness (QED) is 0.0273. The minimum Gasteiger partial charge on any atom is -0.493 e. The smallest absolute Gasteiger partial charge is 0.215 e. The van der Waals surface area contributed by atoms with Crippen LogP contribution in [0.1, 0.15) is 385 Å². The average Bonchev–Trinajstić information content (AvgIpc) is 1.83. The van der Waals surface area contributed by atoms with Gasteiger partial charge in [-0.25, -0.2) is 4.70 Å². The molecule has 2 unspecified atom stereocenters. The zero-order chi connectivity index (χ0) is 60.0. The number of hydrogen-bond donors (Lipinski definition) is 0. The van der Waals surface area contributed by atoms with E-state index in [1.165, 1.54) is 290 Å². The van der Waals surface area contributed by atoms with Gasteiger partial charge in [-0.1, -0.05) is 321 Å². The van der Waals surface area contributed by atoms with Gasteiger partial charge in [0.15, 0.2) is 0 Å². The van der Waals surface area contributed by atoms with E-state index in [4.69, 9.17) is 0 Å². The molecule has 2 nitrogen and oxygen atoms in total. The third-order valence-corrected chi connectivity index (χ3v) is 18.5. The molecule has 1 aliphatic heterocycles. The molecule has 0 fully saturated rings. The second kappa shape index (κ2) is 56.1. The Morgan fingerprint density at radius 2 is 0.706 bits per heavy atom. The van der Waals surface area contributed by atoms with Gasteiger partial charge in [-0.05, 0) is 112 Å². The molecule has 0 bridgehead atoms. The molecule has 0 aromatic heterocycles. The fourth-order valence-corrected chi connectivity index (χ4v) is 13.0. The fraction of sp³-hybridized carbons (Fsp3) is 0.732. The summed E-state index contributed by atoms with van der Waals surface area (Å²) in [5.74, 6) is 15.9. The third-order valence-electron chi connectivity index (χ3n) is 18.5. The van der Waals surface area contributed by atoms with E-state index in [1.807, 2.05) is 0 Å². The number of aryl methyl sites for hydroxylation is 2. The van der Waals surface area contributed by atoms with Crippen LogP contribution in [0.2, 0.25) is 0 Å². The van der Waals surface area contributed by atoms with Crippen LogP contribution in [0.25, 0.3) is 16.9 Å². The van der Waals surface area contributed by atoms with E-state index >= 15 is 0 Å². The largest absolute Gasteiger partial charge is 0.493 e. The first-order valence-electron chi connectivity index (χ1n) is 37.2. The number of hydrogen-bond acceptors (Lipinski definition) is 0. The SMILES string of the molecule is CCCCCCCCC=CC1=C(c2ccccc2CCC(CC#CCCCCCCCCCCCCCCC)CCCCC)[N+](=[N-])C(c2ccccc2CCC(CC#CCCCCCCCCCCCCCCC)CCCCC)=C1CCCC.[Ni]. The van der Waals surface area contributed by atoms with E-state index in [1.54, 1.807) is 4.70 Å². The average molecular weight is 1210 g/mol. The normalized spacial score (nSPS) is 13.1. The monoisotopic (exact) mass is 1200 g/mol. The molecule has 0 N–H and O–H groups in total. The Morgan fingerprint density at radius 3 is 1.11 bits per heavy atom. The Balaban J connectivity index is 0.0000247. The second-order valence-electron chi connectivity index (χ2n) is 26.2. The van der Waals surface area contributed by atoms with Crippen LogP contribution in [0.4, 0.5) is 0 Å². The maximum Gasteiger partial charge on any atom is 0.215 e. The van der Waals surface area contributed by atoms with Gasteiger partial charge in [0, 0.05) is 58.9 Å². The first-order valence-corrected chi connectivity index (χ1v) is 37.2. The van der Waals surface area contributed by atoms with E-state index in [2.05, 4.69) is 126 Å². The van der Waals surface area contributed by atoms with Crippen molar-refractivity contribution in [2.75, 3.05) is 0 Å². The van der Waals surface area contributed by atoms with Gasteiger partial charge in [-0.3, -0.25) is 0 Å². The summed E-state index contributed by atoms with van der Waals surface area (Å²) >= 11 is 0. The fourth-order valence-electron chi connectivity index (χ4n) is 13.0. The molecule has 3 heteroatoms. The number of benzene rings is 2. The van der Waals surface area contributed by atoms with Crippen molar-refractivity contribution in [2.24, 2.45) is 11.8 Å². The zero-order valence-corrected chi connectivity index (χ0v) is 57.9. The number of allylic oxidation sites excluding steroid dienone is 4. The van der Waals surface area contributed by atoms with Gasteiger partial charge in [-0.2, -0.15) is 0 Å². The summed E-state index contributed by atoms with van der Waals surface area (Å²) in [6.07, 6.45) is 71.6. The van der Waals surface area contributed by atoms with E-state index < -0.39 is 0 Å². The molecule has 0 saturated heterocycles. The summed E-state index contributed by atoms with van der Waals surface area (Å²) in [6.45, 7) is 13.9. The van der Waals surface area contributed by atoms with Crippen LogP contribution in [-0.2, 0) is 29.3 Å². The van der Waals surface area contributed by atoms with Gasteiger partial charge in [0.05, 0.1) is 5.57 Å². The Morgan fingerprint density at radius 1 is 0.365 bits per heavy atom. The summed E-state index contributed by atoms with van der Waals surface area (Å²) in [6, 6.07) is 18.2. The van der Waals surface area contributed by atoms with E-state index in [0.717, 1.165) is 88.4 Å².